The lowest BCUT2D eigenvalue weighted by molar-refractivity contribution is 1.05. The molecule has 0 radical (unpaired) electrons. The molecule has 2 rings (SSSR count). The summed E-state index contributed by atoms with van der Waals surface area (Å²) in [6.07, 6.45) is 6.90. The zero-order chi connectivity index (χ0) is 10.5. The molecule has 0 saturated heterocycles. The fourth-order valence-electron chi connectivity index (χ4n) is 1.26. The maximum Gasteiger partial charge on any atom is 0.129 e. The van der Waals surface area contributed by atoms with Crippen LogP contribution in [0.2, 0.25) is 0 Å². The summed E-state index contributed by atoms with van der Waals surface area (Å²) in [5.74, 6) is 0.827. The van der Waals surface area contributed by atoms with Gasteiger partial charge in [-0.1, -0.05) is 0 Å². The predicted octanol–water partition coefficient (Wildman–Crippen LogP) is 1.79. The lowest BCUT2D eigenvalue weighted by atomic mass is 10.1. The van der Waals surface area contributed by atoms with Gasteiger partial charge in [-0.2, -0.15) is 0 Å². The van der Waals surface area contributed by atoms with Crippen LogP contribution in [0.3, 0.4) is 0 Å². The van der Waals surface area contributed by atoms with Crippen molar-refractivity contribution < 1.29 is 0 Å². The first-order valence-corrected chi connectivity index (χ1v) is 4.75. The van der Waals surface area contributed by atoms with Gasteiger partial charge >= 0.3 is 0 Å². The molecule has 4 heteroatoms. The van der Waals surface area contributed by atoms with Crippen molar-refractivity contribution in [3.05, 3.63) is 48.2 Å². The smallest absolute Gasteiger partial charge is 0.129 e. The molecule has 0 aliphatic rings. The summed E-state index contributed by atoms with van der Waals surface area (Å²) in [4.78, 5) is 12.0. The number of aryl methyl sites for hydroxylation is 1. The van der Waals surface area contributed by atoms with Crippen LogP contribution in [0, 0.1) is 6.92 Å². The van der Waals surface area contributed by atoms with Gasteiger partial charge in [0.15, 0.2) is 0 Å². The molecule has 0 saturated carbocycles. The standard InChI is InChI=1S/C11H12N4/c1-9-2-4-12-6-10(9)7-14-11-3-5-13-8-15-11/h2-6,8H,7H2,1H3,(H,13,14,15). The third kappa shape index (κ3) is 2.49. The Hall–Kier alpha value is -1.97. The SMILES string of the molecule is Cc1ccncc1CNc1ccncn1. The second-order valence-electron chi connectivity index (χ2n) is 3.25. The number of hydrogen-bond donors (Lipinski definition) is 1. The summed E-state index contributed by atoms with van der Waals surface area (Å²) in [6.45, 7) is 2.80. The molecule has 0 bridgehead atoms. The number of pyridine rings is 1. The molecule has 2 heterocycles. The van der Waals surface area contributed by atoms with E-state index in [1.807, 2.05) is 18.3 Å². The second kappa shape index (κ2) is 4.50. The number of anilines is 1. The minimum atomic E-state index is 0.733. The molecule has 2 aromatic rings. The summed E-state index contributed by atoms with van der Waals surface area (Å²) in [5.41, 5.74) is 2.41. The van der Waals surface area contributed by atoms with Crippen LogP contribution in [0.25, 0.3) is 0 Å². The monoisotopic (exact) mass is 200 g/mol. The van der Waals surface area contributed by atoms with Crippen LogP contribution in [-0.4, -0.2) is 15.0 Å². The highest BCUT2D eigenvalue weighted by molar-refractivity contribution is 5.34. The minimum Gasteiger partial charge on any atom is -0.366 e. The van der Waals surface area contributed by atoms with Crippen molar-refractivity contribution in [2.45, 2.75) is 13.5 Å². The number of nitrogens with one attached hydrogen (secondary N) is 1. The molecule has 0 atom stereocenters. The zero-order valence-corrected chi connectivity index (χ0v) is 8.51. The van der Waals surface area contributed by atoms with E-state index in [2.05, 4.69) is 27.2 Å². The first-order chi connectivity index (χ1) is 7.36. The van der Waals surface area contributed by atoms with Gasteiger partial charge in [-0.05, 0) is 30.2 Å². The lowest BCUT2D eigenvalue weighted by Crippen LogP contribution is -2.03. The lowest BCUT2D eigenvalue weighted by Gasteiger charge is -2.06. The Morgan fingerprint density at radius 2 is 2.07 bits per heavy atom. The molecule has 0 aliphatic carbocycles. The third-order valence-electron chi connectivity index (χ3n) is 2.19. The van der Waals surface area contributed by atoms with Crippen molar-refractivity contribution in [3.8, 4) is 0 Å². The van der Waals surface area contributed by atoms with Gasteiger partial charge in [-0.15, -0.1) is 0 Å². The Morgan fingerprint density at radius 1 is 1.20 bits per heavy atom. The highest BCUT2D eigenvalue weighted by atomic mass is 15.0. The Balaban J connectivity index is 2.03. The molecule has 0 fully saturated rings. The van der Waals surface area contributed by atoms with Gasteiger partial charge in [0.05, 0.1) is 0 Å². The van der Waals surface area contributed by atoms with E-state index in [1.165, 1.54) is 17.5 Å². The van der Waals surface area contributed by atoms with Gasteiger partial charge in [-0.3, -0.25) is 4.98 Å². The average Bonchev–Trinajstić information content (AvgIpc) is 2.29. The van der Waals surface area contributed by atoms with Crippen LogP contribution in [0.5, 0.6) is 0 Å². The fourth-order valence-corrected chi connectivity index (χ4v) is 1.26. The number of aromatic nitrogens is 3. The summed E-state index contributed by atoms with van der Waals surface area (Å²) in [7, 11) is 0. The van der Waals surface area contributed by atoms with Crippen LogP contribution in [-0.2, 0) is 6.54 Å². The minimum absolute atomic E-state index is 0.733. The first-order valence-electron chi connectivity index (χ1n) is 4.75. The van der Waals surface area contributed by atoms with E-state index in [9.17, 15) is 0 Å². The molecule has 0 unspecified atom stereocenters. The maximum absolute atomic E-state index is 4.09. The largest absolute Gasteiger partial charge is 0.366 e. The van der Waals surface area contributed by atoms with Gasteiger partial charge < -0.3 is 5.32 Å². The number of nitrogens with zero attached hydrogens (tertiary/aromatic N) is 3. The molecular formula is C11H12N4. The van der Waals surface area contributed by atoms with E-state index in [1.54, 1.807) is 12.4 Å². The van der Waals surface area contributed by atoms with E-state index >= 15 is 0 Å². The topological polar surface area (TPSA) is 50.7 Å². The second-order valence-corrected chi connectivity index (χ2v) is 3.25. The van der Waals surface area contributed by atoms with Gasteiger partial charge in [-0.25, -0.2) is 9.97 Å². The van der Waals surface area contributed by atoms with Crippen LogP contribution in [0.1, 0.15) is 11.1 Å². The summed E-state index contributed by atoms with van der Waals surface area (Å²) in [5, 5.41) is 3.21. The number of hydrogen-bond acceptors (Lipinski definition) is 4. The van der Waals surface area contributed by atoms with Crippen LogP contribution >= 0.6 is 0 Å². The van der Waals surface area contributed by atoms with Crippen LogP contribution in [0.15, 0.2) is 37.1 Å². The summed E-state index contributed by atoms with van der Waals surface area (Å²) < 4.78 is 0. The van der Waals surface area contributed by atoms with E-state index in [0.29, 0.717) is 0 Å². The van der Waals surface area contributed by atoms with E-state index in [-0.39, 0.29) is 0 Å². The molecule has 2 aromatic heterocycles. The molecule has 0 amide bonds. The quantitative estimate of drug-likeness (QED) is 0.820. The molecule has 76 valence electrons. The summed E-state index contributed by atoms with van der Waals surface area (Å²) in [6, 6.07) is 3.84. The van der Waals surface area contributed by atoms with E-state index in [4.69, 9.17) is 0 Å². The van der Waals surface area contributed by atoms with E-state index < -0.39 is 0 Å². The molecule has 15 heavy (non-hydrogen) atoms. The van der Waals surface area contributed by atoms with Crippen molar-refractivity contribution >= 4 is 5.82 Å². The maximum atomic E-state index is 4.09. The molecule has 0 spiro atoms. The van der Waals surface area contributed by atoms with Crippen molar-refractivity contribution in [1.82, 2.24) is 15.0 Å². The van der Waals surface area contributed by atoms with Crippen molar-refractivity contribution in [2.75, 3.05) is 5.32 Å². The third-order valence-corrected chi connectivity index (χ3v) is 2.19. The van der Waals surface area contributed by atoms with Gasteiger partial charge in [0.1, 0.15) is 12.1 Å². The zero-order valence-electron chi connectivity index (χ0n) is 8.51. The Labute approximate surface area is 88.4 Å². The van der Waals surface area contributed by atoms with Crippen molar-refractivity contribution in [2.24, 2.45) is 0 Å². The van der Waals surface area contributed by atoms with E-state index in [0.717, 1.165) is 12.4 Å². The van der Waals surface area contributed by atoms with Crippen molar-refractivity contribution in [3.63, 3.8) is 0 Å². The summed E-state index contributed by atoms with van der Waals surface area (Å²) >= 11 is 0. The van der Waals surface area contributed by atoms with Crippen LogP contribution < -0.4 is 5.32 Å². The molecular weight excluding hydrogens is 188 g/mol. The average molecular weight is 200 g/mol. The van der Waals surface area contributed by atoms with Gasteiger partial charge in [0.25, 0.3) is 0 Å². The Kier molecular flexibility index (Phi) is 2.88. The van der Waals surface area contributed by atoms with Crippen LogP contribution in [0.4, 0.5) is 5.82 Å². The molecule has 0 aliphatic heterocycles. The molecule has 4 nitrogen and oxygen atoms in total. The Morgan fingerprint density at radius 3 is 2.80 bits per heavy atom. The van der Waals surface area contributed by atoms with Gasteiger partial charge in [0.2, 0.25) is 0 Å². The van der Waals surface area contributed by atoms with Crippen molar-refractivity contribution in [1.29, 1.82) is 0 Å². The number of rotatable bonds is 3. The Bertz CT molecular complexity index is 428. The molecule has 1 N–H and O–H groups in total. The first kappa shape index (κ1) is 9.58. The molecule has 0 aromatic carbocycles. The predicted molar refractivity (Wildman–Crippen MR) is 58.3 cm³/mol. The normalized spacial score (nSPS) is 9.93. The fraction of sp³-hybridized carbons (Fsp3) is 0.182. The highest BCUT2D eigenvalue weighted by Gasteiger charge is 1.97. The van der Waals surface area contributed by atoms with Gasteiger partial charge in [0, 0.05) is 25.1 Å². The highest BCUT2D eigenvalue weighted by Crippen LogP contribution is 2.07.